The van der Waals surface area contributed by atoms with Crippen LogP contribution in [-0.2, 0) is 11.2 Å². The lowest BCUT2D eigenvalue weighted by molar-refractivity contribution is -0.115. The van der Waals surface area contributed by atoms with E-state index < -0.39 is 0 Å². The van der Waals surface area contributed by atoms with Gasteiger partial charge in [0, 0.05) is 34.9 Å². The van der Waals surface area contributed by atoms with Gasteiger partial charge in [-0.1, -0.05) is 23.7 Å². The highest BCUT2D eigenvalue weighted by molar-refractivity contribution is 7.99. The third kappa shape index (κ3) is 5.18. The first kappa shape index (κ1) is 21.2. The Morgan fingerprint density at radius 3 is 2.71 bits per heavy atom. The highest BCUT2D eigenvalue weighted by Gasteiger charge is 2.23. The van der Waals surface area contributed by atoms with Gasteiger partial charge in [0.15, 0.2) is 0 Å². The van der Waals surface area contributed by atoms with E-state index in [9.17, 15) is 9.59 Å². The molecule has 31 heavy (non-hydrogen) atoms. The minimum atomic E-state index is -0.196. The molecule has 0 fully saturated rings. The summed E-state index contributed by atoms with van der Waals surface area (Å²) in [7, 11) is 0. The van der Waals surface area contributed by atoms with E-state index in [1.807, 2.05) is 37.3 Å². The van der Waals surface area contributed by atoms with E-state index in [1.165, 1.54) is 0 Å². The molecule has 1 aliphatic rings. The Kier molecular flexibility index (Phi) is 6.44. The first-order chi connectivity index (χ1) is 15.0. The fourth-order valence-corrected chi connectivity index (χ4v) is 4.46. The molecule has 0 bridgehead atoms. The van der Waals surface area contributed by atoms with Crippen molar-refractivity contribution in [3.05, 3.63) is 76.9 Å². The van der Waals surface area contributed by atoms with Gasteiger partial charge in [0.25, 0.3) is 0 Å². The molecule has 2 heterocycles. The first-order valence-electron chi connectivity index (χ1n) is 9.81. The van der Waals surface area contributed by atoms with Crippen molar-refractivity contribution in [1.82, 2.24) is 4.98 Å². The van der Waals surface area contributed by atoms with Crippen molar-refractivity contribution in [2.45, 2.75) is 18.4 Å². The van der Waals surface area contributed by atoms with Crippen LogP contribution in [-0.4, -0.2) is 29.2 Å². The number of nitrogens with one attached hydrogen (secondary N) is 2. The maximum absolute atomic E-state index is 12.8. The standard InChI is InChI=1S/C23H21ClN4O2S/c1-15-13-17(24)6-9-19(15)27-21(29)14-16-4-7-18(8-5-16)26-23(30)28-11-12-31-22-20(28)3-2-10-25-22/h2-10,13H,11-12,14H2,1H3,(H,26,30)(H,27,29). The van der Waals surface area contributed by atoms with E-state index in [1.54, 1.807) is 47.1 Å². The average molecular weight is 453 g/mol. The third-order valence-corrected chi connectivity index (χ3v) is 6.08. The van der Waals surface area contributed by atoms with Gasteiger partial charge in [-0.2, -0.15) is 0 Å². The zero-order valence-electron chi connectivity index (χ0n) is 16.9. The molecule has 1 aromatic heterocycles. The number of carbonyl (C=O) groups is 2. The lowest BCUT2D eigenvalue weighted by Gasteiger charge is -2.28. The highest BCUT2D eigenvalue weighted by Crippen LogP contribution is 2.32. The molecule has 0 aliphatic carbocycles. The molecule has 0 saturated carbocycles. The van der Waals surface area contributed by atoms with Gasteiger partial charge in [0.05, 0.1) is 12.1 Å². The number of hydrogen-bond donors (Lipinski definition) is 2. The number of hydrogen-bond acceptors (Lipinski definition) is 4. The van der Waals surface area contributed by atoms with Gasteiger partial charge in [-0.25, -0.2) is 9.78 Å². The Balaban J connectivity index is 1.36. The number of fused-ring (bicyclic) bond motifs is 1. The molecule has 3 aromatic rings. The Morgan fingerprint density at radius 2 is 1.94 bits per heavy atom. The van der Waals surface area contributed by atoms with Gasteiger partial charge in [0.2, 0.25) is 5.91 Å². The van der Waals surface area contributed by atoms with Crippen LogP contribution in [0.2, 0.25) is 5.02 Å². The molecule has 6 nitrogen and oxygen atoms in total. The summed E-state index contributed by atoms with van der Waals surface area (Å²) in [5.74, 6) is 0.690. The predicted octanol–water partition coefficient (Wildman–Crippen LogP) is 5.37. The number of nitrogens with zero attached hydrogens (tertiary/aromatic N) is 2. The minimum Gasteiger partial charge on any atom is -0.326 e. The number of carbonyl (C=O) groups excluding carboxylic acids is 2. The van der Waals surface area contributed by atoms with E-state index in [0.717, 1.165) is 33.3 Å². The number of urea groups is 1. The van der Waals surface area contributed by atoms with Gasteiger partial charge in [0.1, 0.15) is 5.03 Å². The Labute approximate surface area is 190 Å². The Bertz CT molecular complexity index is 1120. The van der Waals surface area contributed by atoms with Crippen LogP contribution in [0, 0.1) is 6.92 Å². The highest BCUT2D eigenvalue weighted by atomic mass is 35.5. The van der Waals surface area contributed by atoms with Crippen LogP contribution in [0.4, 0.5) is 21.9 Å². The zero-order chi connectivity index (χ0) is 21.8. The van der Waals surface area contributed by atoms with Gasteiger partial charge in [-0.3, -0.25) is 9.69 Å². The molecule has 4 rings (SSSR count). The summed E-state index contributed by atoms with van der Waals surface area (Å²) in [5, 5.41) is 7.32. The Hall–Kier alpha value is -3.03. The molecule has 3 amide bonds. The van der Waals surface area contributed by atoms with Crippen molar-refractivity contribution in [3.8, 4) is 0 Å². The van der Waals surface area contributed by atoms with Crippen molar-refractivity contribution in [3.63, 3.8) is 0 Å². The van der Waals surface area contributed by atoms with Crippen molar-refractivity contribution >= 4 is 52.4 Å². The monoisotopic (exact) mass is 452 g/mol. The van der Waals surface area contributed by atoms with Crippen LogP contribution in [0.3, 0.4) is 0 Å². The fourth-order valence-electron chi connectivity index (χ4n) is 3.31. The molecule has 158 valence electrons. The van der Waals surface area contributed by atoms with E-state index in [0.29, 0.717) is 17.3 Å². The zero-order valence-corrected chi connectivity index (χ0v) is 18.5. The molecule has 0 radical (unpaired) electrons. The number of thioether (sulfide) groups is 1. The maximum Gasteiger partial charge on any atom is 0.326 e. The summed E-state index contributed by atoms with van der Waals surface area (Å²) in [6, 6.07) is 16.2. The van der Waals surface area contributed by atoms with E-state index >= 15 is 0 Å². The third-order valence-electron chi connectivity index (χ3n) is 4.87. The number of anilines is 3. The Morgan fingerprint density at radius 1 is 1.13 bits per heavy atom. The van der Waals surface area contributed by atoms with Crippen molar-refractivity contribution in [2.75, 3.05) is 27.8 Å². The normalized spacial score (nSPS) is 12.8. The van der Waals surface area contributed by atoms with E-state index in [4.69, 9.17) is 11.6 Å². The maximum atomic E-state index is 12.8. The van der Waals surface area contributed by atoms with Gasteiger partial charge in [-0.05, 0) is 60.5 Å². The summed E-state index contributed by atoms with van der Waals surface area (Å²) in [5.41, 5.74) is 4.00. The van der Waals surface area contributed by atoms with Crippen LogP contribution in [0.1, 0.15) is 11.1 Å². The van der Waals surface area contributed by atoms with Crippen LogP contribution in [0.15, 0.2) is 65.8 Å². The molecule has 2 aromatic carbocycles. The van der Waals surface area contributed by atoms with Crippen LogP contribution < -0.4 is 15.5 Å². The van der Waals surface area contributed by atoms with E-state index in [2.05, 4.69) is 15.6 Å². The number of rotatable bonds is 4. The van der Waals surface area contributed by atoms with Crippen molar-refractivity contribution in [1.29, 1.82) is 0 Å². The number of halogens is 1. The van der Waals surface area contributed by atoms with E-state index in [-0.39, 0.29) is 18.4 Å². The van der Waals surface area contributed by atoms with Gasteiger partial charge in [-0.15, -0.1) is 11.8 Å². The van der Waals surface area contributed by atoms with Crippen molar-refractivity contribution < 1.29 is 9.59 Å². The second kappa shape index (κ2) is 9.41. The summed E-state index contributed by atoms with van der Waals surface area (Å²) in [6.45, 7) is 2.52. The molecule has 0 spiro atoms. The number of benzene rings is 2. The lowest BCUT2D eigenvalue weighted by Crippen LogP contribution is -2.38. The largest absolute Gasteiger partial charge is 0.326 e. The minimum absolute atomic E-state index is 0.114. The smallest absolute Gasteiger partial charge is 0.326 e. The van der Waals surface area contributed by atoms with Crippen LogP contribution >= 0.6 is 23.4 Å². The molecule has 8 heteroatoms. The van der Waals surface area contributed by atoms with Crippen LogP contribution in [0.5, 0.6) is 0 Å². The average Bonchev–Trinajstić information content (AvgIpc) is 2.76. The quantitative estimate of drug-likeness (QED) is 0.558. The summed E-state index contributed by atoms with van der Waals surface area (Å²) >= 11 is 7.61. The number of aryl methyl sites for hydroxylation is 1. The summed E-state index contributed by atoms with van der Waals surface area (Å²) in [4.78, 5) is 31.2. The second-order valence-electron chi connectivity index (χ2n) is 7.14. The summed E-state index contributed by atoms with van der Waals surface area (Å²) < 4.78 is 0. The van der Waals surface area contributed by atoms with Gasteiger partial charge >= 0.3 is 6.03 Å². The van der Waals surface area contributed by atoms with Gasteiger partial charge < -0.3 is 10.6 Å². The lowest BCUT2D eigenvalue weighted by atomic mass is 10.1. The molecular formula is C23H21ClN4O2S. The predicted molar refractivity (Wildman–Crippen MR) is 126 cm³/mol. The van der Waals surface area contributed by atoms with Crippen LogP contribution in [0.25, 0.3) is 0 Å². The second-order valence-corrected chi connectivity index (χ2v) is 8.66. The number of pyridine rings is 1. The molecule has 0 atom stereocenters. The molecule has 0 saturated heterocycles. The molecule has 0 unspecified atom stereocenters. The number of aromatic nitrogens is 1. The summed E-state index contributed by atoms with van der Waals surface area (Å²) in [6.07, 6.45) is 1.97. The molecular weight excluding hydrogens is 432 g/mol. The first-order valence-corrected chi connectivity index (χ1v) is 11.2. The SMILES string of the molecule is Cc1cc(Cl)ccc1NC(=O)Cc1ccc(NC(=O)N2CCSc3ncccc32)cc1. The number of amides is 3. The fraction of sp³-hybridized carbons (Fsp3) is 0.174. The molecule has 2 N–H and O–H groups in total. The molecule has 1 aliphatic heterocycles. The topological polar surface area (TPSA) is 74.3 Å². The van der Waals surface area contributed by atoms with Crippen molar-refractivity contribution in [2.24, 2.45) is 0 Å².